The SMILES string of the molecule is CCOC(=O)N1CCC(NC(N)=NCC(c2cccs2)N2CCCC2)CC1. The highest BCUT2D eigenvalue weighted by atomic mass is 32.1. The summed E-state index contributed by atoms with van der Waals surface area (Å²) in [5.41, 5.74) is 6.17. The van der Waals surface area contributed by atoms with Gasteiger partial charge in [0.15, 0.2) is 5.96 Å². The normalized spacial score (nSPS) is 20.6. The molecule has 27 heavy (non-hydrogen) atoms. The number of guanidine groups is 1. The maximum Gasteiger partial charge on any atom is 0.409 e. The third-order valence-corrected chi connectivity index (χ3v) is 6.23. The minimum Gasteiger partial charge on any atom is -0.450 e. The molecule has 2 saturated heterocycles. The summed E-state index contributed by atoms with van der Waals surface area (Å²) in [6.45, 7) is 6.58. The first-order valence-corrected chi connectivity index (χ1v) is 10.8. The second-order valence-corrected chi connectivity index (χ2v) is 8.08. The smallest absolute Gasteiger partial charge is 0.409 e. The van der Waals surface area contributed by atoms with Gasteiger partial charge >= 0.3 is 6.09 Å². The Morgan fingerprint density at radius 3 is 2.74 bits per heavy atom. The number of carbonyl (C=O) groups is 1. The quantitative estimate of drug-likeness (QED) is 0.573. The highest BCUT2D eigenvalue weighted by molar-refractivity contribution is 7.10. The first-order chi connectivity index (χ1) is 13.2. The zero-order chi connectivity index (χ0) is 19.1. The lowest BCUT2D eigenvalue weighted by atomic mass is 10.1. The number of nitrogens with zero attached hydrogens (tertiary/aromatic N) is 3. The van der Waals surface area contributed by atoms with E-state index in [0.29, 0.717) is 38.2 Å². The molecule has 7 nitrogen and oxygen atoms in total. The largest absolute Gasteiger partial charge is 0.450 e. The van der Waals surface area contributed by atoms with E-state index in [1.165, 1.54) is 17.7 Å². The number of rotatable bonds is 6. The van der Waals surface area contributed by atoms with Crippen LogP contribution in [-0.4, -0.2) is 67.2 Å². The van der Waals surface area contributed by atoms with E-state index in [1.54, 1.807) is 16.2 Å². The van der Waals surface area contributed by atoms with E-state index in [9.17, 15) is 4.79 Å². The van der Waals surface area contributed by atoms with Crippen LogP contribution in [0.25, 0.3) is 0 Å². The van der Waals surface area contributed by atoms with Crippen molar-refractivity contribution in [3.05, 3.63) is 22.4 Å². The molecule has 8 heteroatoms. The number of ether oxygens (including phenoxy) is 1. The van der Waals surface area contributed by atoms with Gasteiger partial charge in [0.05, 0.1) is 19.2 Å². The van der Waals surface area contributed by atoms with Crippen LogP contribution in [0.15, 0.2) is 22.5 Å². The molecule has 0 aromatic carbocycles. The molecule has 0 radical (unpaired) electrons. The Balaban J connectivity index is 1.49. The van der Waals surface area contributed by atoms with Crippen LogP contribution in [0.3, 0.4) is 0 Å². The van der Waals surface area contributed by atoms with Crippen molar-refractivity contribution in [3.8, 4) is 0 Å². The van der Waals surface area contributed by atoms with Gasteiger partial charge in [-0.1, -0.05) is 6.07 Å². The van der Waals surface area contributed by atoms with Gasteiger partial charge in [-0.3, -0.25) is 9.89 Å². The second kappa shape index (κ2) is 9.94. The number of nitrogens with two attached hydrogens (primary N) is 1. The van der Waals surface area contributed by atoms with Crippen LogP contribution in [0.2, 0.25) is 0 Å². The minimum atomic E-state index is -0.220. The van der Waals surface area contributed by atoms with Crippen molar-refractivity contribution < 1.29 is 9.53 Å². The Bertz CT molecular complexity index is 608. The van der Waals surface area contributed by atoms with Crippen molar-refractivity contribution >= 4 is 23.4 Å². The highest BCUT2D eigenvalue weighted by Crippen LogP contribution is 2.28. The summed E-state index contributed by atoms with van der Waals surface area (Å²) in [5, 5.41) is 5.46. The van der Waals surface area contributed by atoms with Gasteiger partial charge in [0.1, 0.15) is 0 Å². The van der Waals surface area contributed by atoms with E-state index in [1.807, 2.05) is 6.92 Å². The summed E-state index contributed by atoms with van der Waals surface area (Å²) in [6, 6.07) is 4.87. The Labute approximate surface area is 165 Å². The van der Waals surface area contributed by atoms with E-state index in [2.05, 4.69) is 32.7 Å². The highest BCUT2D eigenvalue weighted by Gasteiger charge is 2.25. The predicted octanol–water partition coefficient (Wildman–Crippen LogP) is 2.41. The van der Waals surface area contributed by atoms with Crippen LogP contribution in [0.4, 0.5) is 4.79 Å². The monoisotopic (exact) mass is 393 g/mol. The lowest BCUT2D eigenvalue weighted by Crippen LogP contribution is -2.48. The number of hydrogen-bond acceptors (Lipinski definition) is 5. The van der Waals surface area contributed by atoms with Crippen molar-refractivity contribution in [1.29, 1.82) is 0 Å². The van der Waals surface area contributed by atoms with Crippen molar-refractivity contribution in [3.63, 3.8) is 0 Å². The van der Waals surface area contributed by atoms with E-state index in [-0.39, 0.29) is 12.1 Å². The molecule has 0 bridgehead atoms. The third kappa shape index (κ3) is 5.59. The van der Waals surface area contributed by atoms with Crippen LogP contribution in [0.5, 0.6) is 0 Å². The number of thiophene rings is 1. The molecule has 1 aromatic rings. The van der Waals surface area contributed by atoms with Gasteiger partial charge in [-0.2, -0.15) is 0 Å². The van der Waals surface area contributed by atoms with Gasteiger partial charge < -0.3 is 20.7 Å². The summed E-state index contributed by atoms with van der Waals surface area (Å²) >= 11 is 1.79. The predicted molar refractivity (Wildman–Crippen MR) is 109 cm³/mol. The first-order valence-electron chi connectivity index (χ1n) is 9.93. The molecule has 0 aliphatic carbocycles. The van der Waals surface area contributed by atoms with Crippen LogP contribution < -0.4 is 11.1 Å². The molecule has 1 atom stereocenters. The fraction of sp³-hybridized carbons (Fsp3) is 0.684. The summed E-state index contributed by atoms with van der Waals surface area (Å²) in [7, 11) is 0. The second-order valence-electron chi connectivity index (χ2n) is 7.10. The summed E-state index contributed by atoms with van der Waals surface area (Å²) in [6.07, 6.45) is 4.02. The number of carbonyl (C=O) groups excluding carboxylic acids is 1. The number of piperidine rings is 1. The van der Waals surface area contributed by atoms with Crippen molar-refractivity contribution in [1.82, 2.24) is 15.1 Å². The zero-order valence-electron chi connectivity index (χ0n) is 16.1. The van der Waals surface area contributed by atoms with Crippen LogP contribution in [-0.2, 0) is 4.74 Å². The molecular formula is C19H31N5O2S. The zero-order valence-corrected chi connectivity index (χ0v) is 16.9. The molecule has 0 saturated carbocycles. The number of nitrogens with one attached hydrogen (secondary N) is 1. The first kappa shape index (κ1) is 19.9. The average Bonchev–Trinajstić information content (AvgIpc) is 3.37. The summed E-state index contributed by atoms with van der Waals surface area (Å²) in [5.74, 6) is 0.505. The molecule has 3 N–H and O–H groups in total. The van der Waals surface area contributed by atoms with Gasteiger partial charge in [-0.25, -0.2) is 4.79 Å². The number of hydrogen-bond donors (Lipinski definition) is 2. The van der Waals surface area contributed by atoms with Crippen LogP contribution in [0.1, 0.15) is 43.5 Å². The standard InChI is InChI=1S/C19H31N5O2S/c1-2-26-19(25)24-11-7-15(8-12-24)22-18(20)21-14-16(17-6-5-13-27-17)23-9-3-4-10-23/h5-6,13,15-16H,2-4,7-12,14H2,1H3,(H3,20,21,22). The van der Waals surface area contributed by atoms with Crippen molar-refractivity contribution in [2.75, 3.05) is 39.3 Å². The Hall–Kier alpha value is -1.80. The molecule has 0 spiro atoms. The van der Waals surface area contributed by atoms with Gasteiger partial charge in [0.25, 0.3) is 0 Å². The summed E-state index contributed by atoms with van der Waals surface area (Å²) < 4.78 is 5.06. The number of amides is 1. The van der Waals surface area contributed by atoms with Gasteiger partial charge in [-0.05, 0) is 57.1 Å². The van der Waals surface area contributed by atoms with Crippen molar-refractivity contribution in [2.45, 2.75) is 44.7 Å². The fourth-order valence-electron chi connectivity index (χ4n) is 3.78. The molecule has 150 valence electrons. The van der Waals surface area contributed by atoms with Gasteiger partial charge in [0.2, 0.25) is 0 Å². The van der Waals surface area contributed by atoms with E-state index in [0.717, 1.165) is 25.9 Å². The molecule has 1 unspecified atom stereocenters. The molecule has 2 aliphatic rings. The summed E-state index contributed by atoms with van der Waals surface area (Å²) in [4.78, 5) is 22.1. The molecule has 1 amide bonds. The topological polar surface area (TPSA) is 83.2 Å². The Morgan fingerprint density at radius 1 is 1.37 bits per heavy atom. The van der Waals surface area contributed by atoms with E-state index < -0.39 is 0 Å². The third-order valence-electron chi connectivity index (χ3n) is 5.26. The number of likely N-dealkylation sites (tertiary alicyclic amines) is 2. The molecule has 3 rings (SSSR count). The van der Waals surface area contributed by atoms with Crippen molar-refractivity contribution in [2.24, 2.45) is 10.7 Å². The maximum atomic E-state index is 11.8. The van der Waals surface area contributed by atoms with Gasteiger partial charge in [0, 0.05) is 24.0 Å². The fourth-order valence-corrected chi connectivity index (χ4v) is 4.63. The maximum absolute atomic E-state index is 11.8. The van der Waals surface area contributed by atoms with E-state index in [4.69, 9.17) is 10.5 Å². The lowest BCUT2D eigenvalue weighted by molar-refractivity contribution is 0.0963. The minimum absolute atomic E-state index is 0.220. The Morgan fingerprint density at radius 2 is 2.11 bits per heavy atom. The Kier molecular flexibility index (Phi) is 7.34. The van der Waals surface area contributed by atoms with Gasteiger partial charge in [-0.15, -0.1) is 11.3 Å². The molecule has 2 fully saturated rings. The lowest BCUT2D eigenvalue weighted by Gasteiger charge is -2.32. The average molecular weight is 394 g/mol. The number of aliphatic imine (C=N–C) groups is 1. The molecular weight excluding hydrogens is 362 g/mol. The molecule has 2 aliphatic heterocycles. The van der Waals surface area contributed by atoms with Crippen LogP contribution >= 0.6 is 11.3 Å². The van der Waals surface area contributed by atoms with E-state index >= 15 is 0 Å². The van der Waals surface area contributed by atoms with Crippen LogP contribution in [0, 0.1) is 0 Å². The molecule has 3 heterocycles. The molecule has 1 aromatic heterocycles.